The second-order valence-electron chi connectivity index (χ2n) is 10.7. The van der Waals surface area contributed by atoms with Crippen molar-refractivity contribution in [3.05, 3.63) is 60.7 Å². The molecule has 215 valence electrons. The van der Waals surface area contributed by atoms with Gasteiger partial charge in [-0.1, -0.05) is 164 Å². The van der Waals surface area contributed by atoms with Crippen LogP contribution in [0, 0.1) is 0 Å². The van der Waals surface area contributed by atoms with Crippen molar-refractivity contribution in [1.82, 2.24) is 4.90 Å². The summed E-state index contributed by atoms with van der Waals surface area (Å²) in [5.74, 6) is 0.292. The van der Waals surface area contributed by atoms with Gasteiger partial charge in [0.25, 0.3) is 0 Å². The Bertz CT molecular complexity index is 761. The quantitative estimate of drug-likeness (QED) is 0.0725. The van der Waals surface area contributed by atoms with Gasteiger partial charge in [-0.3, -0.25) is 4.79 Å². The van der Waals surface area contributed by atoms with Crippen LogP contribution in [-0.2, 0) is 24.3 Å². The molecular weight excluding hydrogens is 572 g/mol. The van der Waals surface area contributed by atoms with E-state index in [2.05, 4.69) is 67.6 Å². The van der Waals surface area contributed by atoms with E-state index in [0.717, 1.165) is 19.1 Å². The first-order valence-electron chi connectivity index (χ1n) is 15.3. The number of hydrogen-bond acceptors (Lipinski definition) is 1. The summed E-state index contributed by atoms with van der Waals surface area (Å²) in [5, 5.41) is 2.72. The largest absolute Gasteiger partial charge is 0.346 e. The number of nitrogens with zero attached hydrogens (tertiary/aromatic N) is 1. The van der Waals surface area contributed by atoms with Crippen molar-refractivity contribution in [3.8, 4) is 0 Å². The molecule has 0 bridgehead atoms. The minimum atomic E-state index is -0.490. The van der Waals surface area contributed by atoms with Gasteiger partial charge in [-0.15, -0.1) is 0 Å². The summed E-state index contributed by atoms with van der Waals surface area (Å²) < 4.78 is 0. The maximum Gasteiger partial charge on any atom is 0.222 e. The Morgan fingerprint density at radius 1 is 0.605 bits per heavy atom. The average Bonchev–Trinajstić information content (AvgIpc) is 2.94. The molecule has 1 amide bonds. The summed E-state index contributed by atoms with van der Waals surface area (Å²) in [5.41, 5.74) is 0. The van der Waals surface area contributed by atoms with Crippen LogP contribution in [0.2, 0.25) is 0 Å². The van der Waals surface area contributed by atoms with E-state index in [1.54, 1.807) is 0 Å². The summed E-state index contributed by atoms with van der Waals surface area (Å²) in [6, 6.07) is 21.4. The molecule has 0 fully saturated rings. The van der Waals surface area contributed by atoms with E-state index in [1.165, 1.54) is 107 Å². The van der Waals surface area contributed by atoms with Gasteiger partial charge >= 0.3 is 0 Å². The van der Waals surface area contributed by atoms with Crippen molar-refractivity contribution in [2.45, 2.75) is 116 Å². The predicted molar refractivity (Wildman–Crippen MR) is 166 cm³/mol. The zero-order valence-corrected chi connectivity index (χ0v) is 26.9. The number of benzene rings is 2. The fourth-order valence-electron chi connectivity index (χ4n) is 5.04. The molecule has 0 aliphatic heterocycles. The van der Waals surface area contributed by atoms with Gasteiger partial charge in [0.05, 0.1) is 0 Å². The van der Waals surface area contributed by atoms with Gasteiger partial charge in [-0.2, -0.15) is 0 Å². The summed E-state index contributed by atoms with van der Waals surface area (Å²) in [6.07, 6.45) is 23.7. The third-order valence-electron chi connectivity index (χ3n) is 7.46. The topological polar surface area (TPSA) is 20.3 Å². The summed E-state index contributed by atoms with van der Waals surface area (Å²) >= 11 is 0. The van der Waals surface area contributed by atoms with Crippen molar-refractivity contribution in [3.63, 3.8) is 0 Å². The standard InChI is InChI=1S/C34H54NOP.Rh/c1-3-4-5-6-7-8-9-10-11-12-13-14-15-16-17-24-30-35(2)34(36)29-31-37(32-25-20-18-21-26-32)33-27-22-19-23-28-33;/h18-23,25-28H,3-17,24,29-31H2,1-2H3;. The number of hydrogen-bond donors (Lipinski definition) is 0. The van der Waals surface area contributed by atoms with Gasteiger partial charge in [-0.05, 0) is 31.1 Å². The normalized spacial score (nSPS) is 10.9. The summed E-state index contributed by atoms with van der Waals surface area (Å²) in [6.45, 7) is 3.18. The van der Waals surface area contributed by atoms with E-state index >= 15 is 0 Å². The molecule has 0 saturated heterocycles. The molecule has 0 aromatic heterocycles. The Labute approximate surface area is 249 Å². The van der Waals surface area contributed by atoms with Crippen molar-refractivity contribution in [1.29, 1.82) is 0 Å². The Morgan fingerprint density at radius 2 is 0.974 bits per heavy atom. The Morgan fingerprint density at radius 3 is 1.37 bits per heavy atom. The van der Waals surface area contributed by atoms with Gasteiger partial charge in [0, 0.05) is 39.5 Å². The van der Waals surface area contributed by atoms with E-state index in [1.807, 2.05) is 11.9 Å². The molecule has 4 heteroatoms. The Hall–Kier alpha value is -1.04. The monoisotopic (exact) mass is 626 g/mol. The number of amides is 1. The Kier molecular flexibility index (Phi) is 21.9. The molecule has 0 heterocycles. The third-order valence-corrected chi connectivity index (χ3v) is 9.97. The minimum absolute atomic E-state index is 0. The van der Waals surface area contributed by atoms with Crippen LogP contribution in [-0.4, -0.2) is 30.6 Å². The van der Waals surface area contributed by atoms with E-state index < -0.39 is 7.92 Å². The summed E-state index contributed by atoms with van der Waals surface area (Å²) in [4.78, 5) is 14.8. The van der Waals surface area contributed by atoms with Crippen LogP contribution in [0.15, 0.2) is 60.7 Å². The van der Waals surface area contributed by atoms with E-state index in [0.29, 0.717) is 12.3 Å². The second kappa shape index (κ2) is 23.8. The first-order valence-corrected chi connectivity index (χ1v) is 16.9. The molecule has 0 N–H and O–H groups in total. The zero-order valence-electron chi connectivity index (χ0n) is 24.3. The van der Waals surface area contributed by atoms with E-state index in [9.17, 15) is 4.79 Å². The van der Waals surface area contributed by atoms with Crippen LogP contribution in [0.4, 0.5) is 0 Å². The average molecular weight is 627 g/mol. The molecule has 0 saturated carbocycles. The number of rotatable bonds is 22. The minimum Gasteiger partial charge on any atom is -0.346 e. The molecule has 2 rings (SSSR count). The first-order chi connectivity index (χ1) is 18.2. The molecule has 1 radical (unpaired) electrons. The van der Waals surface area contributed by atoms with E-state index in [4.69, 9.17) is 0 Å². The van der Waals surface area contributed by atoms with Crippen LogP contribution in [0.1, 0.15) is 116 Å². The van der Waals surface area contributed by atoms with Crippen LogP contribution in [0.25, 0.3) is 0 Å². The zero-order chi connectivity index (χ0) is 26.4. The van der Waals surface area contributed by atoms with Crippen LogP contribution in [0.5, 0.6) is 0 Å². The smallest absolute Gasteiger partial charge is 0.222 e. The maximum atomic E-state index is 12.8. The Balaban J connectivity index is 0.00000722. The molecule has 0 spiro atoms. The summed E-state index contributed by atoms with van der Waals surface area (Å²) in [7, 11) is 1.50. The third kappa shape index (κ3) is 16.2. The molecule has 2 aromatic carbocycles. The van der Waals surface area contributed by atoms with Crippen molar-refractivity contribution < 1.29 is 24.3 Å². The second-order valence-corrected chi connectivity index (χ2v) is 13.0. The van der Waals surface area contributed by atoms with E-state index in [-0.39, 0.29) is 19.5 Å². The van der Waals surface area contributed by atoms with Crippen LogP contribution >= 0.6 is 7.92 Å². The van der Waals surface area contributed by atoms with Gasteiger partial charge < -0.3 is 4.90 Å². The van der Waals surface area contributed by atoms with Gasteiger partial charge in [0.2, 0.25) is 5.91 Å². The molecule has 0 atom stereocenters. The first kappa shape index (κ1) is 35.0. The SMILES string of the molecule is CCCCCCCCCCCCCCCCCCN(C)C(=O)CCP(c1ccccc1)c1ccccc1.[Rh]. The molecule has 2 aromatic rings. The van der Waals surface area contributed by atoms with Crippen molar-refractivity contribution in [2.24, 2.45) is 0 Å². The van der Waals surface area contributed by atoms with Crippen molar-refractivity contribution >= 4 is 24.4 Å². The fourth-order valence-corrected chi connectivity index (χ4v) is 7.34. The van der Waals surface area contributed by atoms with Gasteiger partial charge in [-0.25, -0.2) is 0 Å². The maximum absolute atomic E-state index is 12.8. The molecule has 0 aliphatic carbocycles. The van der Waals surface area contributed by atoms with Crippen molar-refractivity contribution in [2.75, 3.05) is 19.8 Å². The predicted octanol–water partition coefficient (Wildman–Crippen LogP) is 9.23. The number of carbonyl (C=O) groups excluding carboxylic acids is 1. The van der Waals surface area contributed by atoms with Crippen LogP contribution in [0.3, 0.4) is 0 Å². The number of unbranched alkanes of at least 4 members (excludes halogenated alkanes) is 15. The number of carbonyl (C=O) groups is 1. The van der Waals surface area contributed by atoms with Crippen LogP contribution < -0.4 is 10.6 Å². The van der Waals surface area contributed by atoms with Gasteiger partial charge in [0.15, 0.2) is 0 Å². The molecule has 0 unspecified atom stereocenters. The fraction of sp³-hybridized carbons (Fsp3) is 0.618. The molecule has 2 nitrogen and oxygen atoms in total. The molecular formula is C34H54NOPRh. The molecule has 38 heavy (non-hydrogen) atoms. The molecule has 0 aliphatic rings. The van der Waals surface area contributed by atoms with Gasteiger partial charge in [0.1, 0.15) is 0 Å².